The zero-order valence-corrected chi connectivity index (χ0v) is 21.5. The van der Waals surface area contributed by atoms with E-state index in [-0.39, 0.29) is 11.2 Å². The van der Waals surface area contributed by atoms with E-state index in [9.17, 15) is 5.11 Å². The van der Waals surface area contributed by atoms with Crippen LogP contribution in [0, 0.1) is 13.8 Å². The van der Waals surface area contributed by atoms with Gasteiger partial charge in [-0.25, -0.2) is 4.98 Å². The Morgan fingerprint density at radius 2 is 1.59 bits per heavy atom. The van der Waals surface area contributed by atoms with Crippen molar-refractivity contribution < 1.29 is 5.11 Å². The van der Waals surface area contributed by atoms with Gasteiger partial charge in [0.2, 0.25) is 0 Å². The molecule has 0 saturated heterocycles. The molecule has 182 valence electrons. The number of hydrogen-bond acceptors (Lipinski definition) is 3. The van der Waals surface area contributed by atoms with E-state index < -0.39 is 0 Å². The highest BCUT2D eigenvalue weighted by Crippen LogP contribution is 2.38. The topological polar surface area (TPSA) is 50.9 Å². The lowest BCUT2D eigenvalue weighted by Crippen LogP contribution is -2.20. The minimum absolute atomic E-state index is 0.249. The van der Waals surface area contributed by atoms with Gasteiger partial charge in [0.1, 0.15) is 11.4 Å². The van der Waals surface area contributed by atoms with Crippen LogP contribution in [0.1, 0.15) is 36.2 Å². The van der Waals surface area contributed by atoms with Crippen molar-refractivity contribution in [3.8, 4) is 22.7 Å². The van der Waals surface area contributed by atoms with Crippen molar-refractivity contribution >= 4 is 21.9 Å². The zero-order valence-electron chi connectivity index (χ0n) is 21.5. The molecule has 0 saturated carbocycles. The molecular weight excluding hydrogens is 454 g/mol. The van der Waals surface area contributed by atoms with E-state index in [4.69, 9.17) is 4.98 Å². The van der Waals surface area contributed by atoms with Crippen LogP contribution in [0.4, 0.5) is 0 Å². The van der Waals surface area contributed by atoms with Gasteiger partial charge in [0.25, 0.3) is 0 Å². The second-order valence-corrected chi connectivity index (χ2v) is 10.3. The van der Waals surface area contributed by atoms with Crippen LogP contribution >= 0.6 is 0 Å². The first kappa shape index (κ1) is 23.0. The number of benzene rings is 3. The molecule has 0 radical (unpaired) electrons. The van der Waals surface area contributed by atoms with Crippen molar-refractivity contribution in [2.75, 3.05) is 0 Å². The average Bonchev–Trinajstić information content (AvgIpc) is 3.25. The van der Waals surface area contributed by atoms with Crippen molar-refractivity contribution in [2.45, 2.75) is 33.1 Å². The maximum Gasteiger partial charge on any atom is 0.146 e. The molecule has 0 bridgehead atoms. The van der Waals surface area contributed by atoms with Crippen LogP contribution in [0.5, 0.6) is 5.75 Å². The normalized spacial score (nSPS) is 11.9. The van der Waals surface area contributed by atoms with Gasteiger partial charge in [0.15, 0.2) is 0 Å². The Balaban J connectivity index is 1.57. The van der Waals surface area contributed by atoms with Crippen LogP contribution in [0.3, 0.4) is 0 Å². The first-order valence-corrected chi connectivity index (χ1v) is 12.6. The summed E-state index contributed by atoms with van der Waals surface area (Å²) in [5, 5.41) is 13.2. The third-order valence-corrected chi connectivity index (χ3v) is 7.37. The Bertz CT molecular complexity index is 1780. The average molecular weight is 484 g/mol. The molecule has 6 rings (SSSR count). The van der Waals surface area contributed by atoms with Gasteiger partial charge < -0.3 is 5.11 Å². The van der Waals surface area contributed by atoms with E-state index in [2.05, 4.69) is 84.9 Å². The summed E-state index contributed by atoms with van der Waals surface area (Å²) < 4.78 is 2.09. The molecule has 0 fully saturated rings. The van der Waals surface area contributed by atoms with E-state index in [0.717, 1.165) is 55.7 Å². The van der Waals surface area contributed by atoms with Crippen LogP contribution in [0.2, 0.25) is 0 Å². The summed E-state index contributed by atoms with van der Waals surface area (Å²) in [6.07, 6.45) is 1.84. The standard InChI is InChI=1S/C33H29N3O/c1-21-18-22(2)31(37)29(19-21)36-28-13-6-5-12-25(28)26-15-16-27(35-32(26)36)23-10-9-11-24(20-23)33(3,4)30-14-7-8-17-34-30/h5-20,37H,1-4H3. The van der Waals surface area contributed by atoms with E-state index in [1.54, 1.807) is 0 Å². The van der Waals surface area contributed by atoms with Gasteiger partial charge in [-0.3, -0.25) is 9.55 Å². The van der Waals surface area contributed by atoms with Gasteiger partial charge in [0.05, 0.1) is 22.6 Å². The number of aromatic hydroxyl groups is 1. The third kappa shape index (κ3) is 3.77. The fourth-order valence-corrected chi connectivity index (χ4v) is 5.30. The second kappa shape index (κ2) is 8.59. The maximum atomic E-state index is 11.1. The summed E-state index contributed by atoms with van der Waals surface area (Å²) in [6.45, 7) is 8.39. The number of fused-ring (bicyclic) bond motifs is 3. The Labute approximate surface area is 216 Å². The monoisotopic (exact) mass is 483 g/mol. The molecule has 0 amide bonds. The summed E-state index contributed by atoms with van der Waals surface area (Å²) in [5.41, 5.74) is 8.43. The molecule has 1 N–H and O–H groups in total. The number of pyridine rings is 2. The minimum atomic E-state index is -0.249. The van der Waals surface area contributed by atoms with Gasteiger partial charge in [0, 0.05) is 27.9 Å². The van der Waals surface area contributed by atoms with Crippen molar-refractivity contribution in [3.63, 3.8) is 0 Å². The van der Waals surface area contributed by atoms with Crippen LogP contribution in [0.25, 0.3) is 38.9 Å². The molecule has 0 atom stereocenters. The molecule has 3 aromatic heterocycles. The largest absolute Gasteiger partial charge is 0.505 e. The predicted molar refractivity (Wildman–Crippen MR) is 152 cm³/mol. The number of phenolic OH excluding ortho intramolecular Hbond substituents is 1. The zero-order chi connectivity index (χ0) is 25.7. The number of nitrogens with zero attached hydrogens (tertiary/aromatic N) is 3. The van der Waals surface area contributed by atoms with Gasteiger partial charge in [-0.2, -0.15) is 0 Å². The molecule has 3 aromatic carbocycles. The smallest absolute Gasteiger partial charge is 0.146 e. The lowest BCUT2D eigenvalue weighted by Gasteiger charge is -2.25. The van der Waals surface area contributed by atoms with E-state index in [1.165, 1.54) is 5.56 Å². The predicted octanol–water partition coefficient (Wildman–Crippen LogP) is 7.89. The van der Waals surface area contributed by atoms with Crippen molar-refractivity contribution in [3.05, 3.63) is 120 Å². The van der Waals surface area contributed by atoms with E-state index in [1.807, 2.05) is 49.5 Å². The summed E-state index contributed by atoms with van der Waals surface area (Å²) in [5.74, 6) is 0.277. The quantitative estimate of drug-likeness (QED) is 0.277. The summed E-state index contributed by atoms with van der Waals surface area (Å²) in [4.78, 5) is 9.81. The molecule has 0 aliphatic rings. The molecule has 37 heavy (non-hydrogen) atoms. The Morgan fingerprint density at radius 1 is 0.784 bits per heavy atom. The van der Waals surface area contributed by atoms with Crippen LogP contribution < -0.4 is 0 Å². The molecule has 0 unspecified atom stereocenters. The third-order valence-electron chi connectivity index (χ3n) is 7.37. The number of hydrogen-bond donors (Lipinski definition) is 1. The molecule has 4 heteroatoms. The first-order chi connectivity index (χ1) is 17.8. The second-order valence-electron chi connectivity index (χ2n) is 10.3. The van der Waals surface area contributed by atoms with Crippen LogP contribution in [0.15, 0.2) is 97.2 Å². The first-order valence-electron chi connectivity index (χ1n) is 12.6. The molecule has 0 aliphatic carbocycles. The fourth-order valence-electron chi connectivity index (χ4n) is 5.30. The van der Waals surface area contributed by atoms with E-state index in [0.29, 0.717) is 0 Å². The molecular formula is C33H29N3O. The molecule has 0 aliphatic heterocycles. The molecule has 3 heterocycles. The van der Waals surface area contributed by atoms with Crippen molar-refractivity contribution in [1.29, 1.82) is 0 Å². The molecule has 0 spiro atoms. The van der Waals surface area contributed by atoms with E-state index >= 15 is 0 Å². The summed E-state index contributed by atoms with van der Waals surface area (Å²) in [6, 6.07) is 31.2. The minimum Gasteiger partial charge on any atom is -0.505 e. The summed E-state index contributed by atoms with van der Waals surface area (Å²) in [7, 11) is 0. The molecule has 6 aromatic rings. The van der Waals surface area contributed by atoms with Crippen molar-refractivity contribution in [1.82, 2.24) is 14.5 Å². The van der Waals surface area contributed by atoms with Gasteiger partial charge in [-0.05, 0) is 73.0 Å². The van der Waals surface area contributed by atoms with Gasteiger partial charge in [-0.1, -0.05) is 62.4 Å². The Morgan fingerprint density at radius 3 is 2.41 bits per heavy atom. The lowest BCUT2D eigenvalue weighted by atomic mass is 9.80. The Hall–Kier alpha value is -4.44. The highest BCUT2D eigenvalue weighted by atomic mass is 16.3. The Kier molecular flexibility index (Phi) is 5.34. The lowest BCUT2D eigenvalue weighted by molar-refractivity contribution is 0.468. The highest BCUT2D eigenvalue weighted by Gasteiger charge is 2.25. The number of rotatable bonds is 4. The maximum absolute atomic E-state index is 11.1. The summed E-state index contributed by atoms with van der Waals surface area (Å²) >= 11 is 0. The number of aryl methyl sites for hydroxylation is 2. The number of aromatic nitrogens is 3. The number of phenols is 1. The van der Waals surface area contributed by atoms with Crippen LogP contribution in [-0.4, -0.2) is 19.6 Å². The van der Waals surface area contributed by atoms with Crippen LogP contribution in [-0.2, 0) is 5.41 Å². The van der Waals surface area contributed by atoms with Gasteiger partial charge >= 0.3 is 0 Å². The SMILES string of the molecule is Cc1cc(C)c(O)c(-n2c3ccccc3c3ccc(-c4cccc(C(C)(C)c5ccccn5)c4)nc32)c1. The van der Waals surface area contributed by atoms with Gasteiger partial charge in [-0.15, -0.1) is 0 Å². The van der Waals surface area contributed by atoms with Crippen molar-refractivity contribution in [2.24, 2.45) is 0 Å². The highest BCUT2D eigenvalue weighted by molar-refractivity contribution is 6.08. The molecule has 4 nitrogen and oxygen atoms in total. The number of para-hydroxylation sites is 1. The fraction of sp³-hybridized carbons (Fsp3) is 0.152.